The second-order valence-electron chi connectivity index (χ2n) is 8.24. The first-order chi connectivity index (χ1) is 13.9. The largest absolute Gasteiger partial charge is 0.300 e. The van der Waals surface area contributed by atoms with E-state index in [-0.39, 0.29) is 11.5 Å². The van der Waals surface area contributed by atoms with Crippen LogP contribution in [-0.4, -0.2) is 20.7 Å². The average molecular weight is 386 g/mol. The Labute approximate surface area is 168 Å². The maximum absolute atomic E-state index is 12.9. The van der Waals surface area contributed by atoms with Crippen LogP contribution >= 0.6 is 0 Å². The van der Waals surface area contributed by atoms with Crippen molar-refractivity contribution < 1.29 is 4.79 Å². The molecule has 1 fully saturated rings. The summed E-state index contributed by atoms with van der Waals surface area (Å²) in [7, 11) is 0. The number of amides is 1. The van der Waals surface area contributed by atoms with Crippen molar-refractivity contribution in [3.05, 3.63) is 64.4 Å². The predicted octanol–water partition coefficient (Wildman–Crippen LogP) is 3.91. The highest BCUT2D eigenvalue weighted by Crippen LogP contribution is 2.47. The zero-order chi connectivity index (χ0) is 20.3. The van der Waals surface area contributed by atoms with Gasteiger partial charge >= 0.3 is 0 Å². The molecule has 0 saturated carbocycles. The van der Waals surface area contributed by atoms with Crippen molar-refractivity contribution >= 4 is 11.6 Å². The molecule has 2 aromatic carbocycles. The van der Waals surface area contributed by atoms with Crippen molar-refractivity contribution in [3.8, 4) is 22.6 Å². The fraction of sp³-hybridized carbons (Fsp3) is 0.304. The molecular formula is C23H22N4O2. The molecule has 1 atom stereocenters. The van der Waals surface area contributed by atoms with Gasteiger partial charge in [-0.05, 0) is 30.5 Å². The third-order valence-corrected chi connectivity index (χ3v) is 6.05. The molecule has 0 unspecified atom stereocenters. The molecule has 3 heterocycles. The lowest BCUT2D eigenvalue weighted by molar-refractivity contribution is -0.117. The number of rotatable bonds is 2. The van der Waals surface area contributed by atoms with Gasteiger partial charge in [0.1, 0.15) is 5.66 Å². The molecular weight excluding hydrogens is 364 g/mol. The summed E-state index contributed by atoms with van der Waals surface area (Å²) in [5.74, 6) is 0.990. The summed E-state index contributed by atoms with van der Waals surface area (Å²) >= 11 is 0. The molecule has 6 nitrogen and oxygen atoms in total. The number of carbonyl (C=O) groups is 1. The van der Waals surface area contributed by atoms with Gasteiger partial charge < -0.3 is 0 Å². The van der Waals surface area contributed by atoms with E-state index in [1.807, 2.05) is 55.5 Å². The smallest absolute Gasteiger partial charge is 0.286 e. The van der Waals surface area contributed by atoms with Gasteiger partial charge in [-0.25, -0.2) is 4.68 Å². The molecule has 29 heavy (non-hydrogen) atoms. The van der Waals surface area contributed by atoms with Gasteiger partial charge in [0.15, 0.2) is 11.5 Å². The summed E-state index contributed by atoms with van der Waals surface area (Å²) in [6.07, 6.45) is 1.06. The Morgan fingerprint density at radius 2 is 1.76 bits per heavy atom. The number of aromatic nitrogens is 3. The Bertz CT molecular complexity index is 1200. The van der Waals surface area contributed by atoms with E-state index in [4.69, 9.17) is 5.10 Å². The van der Waals surface area contributed by atoms with Crippen molar-refractivity contribution in [2.75, 3.05) is 4.90 Å². The highest BCUT2D eigenvalue weighted by Gasteiger charge is 2.49. The molecule has 1 saturated heterocycles. The SMILES string of the molecule is CC(C)c1ccc(-c2nn3c(nc2=O)-c2ccccc2N2C(=O)CC[C@]23C)cc1. The lowest BCUT2D eigenvalue weighted by Crippen LogP contribution is -2.51. The normalized spacial score (nSPS) is 19.9. The second kappa shape index (κ2) is 6.11. The first-order valence-electron chi connectivity index (χ1n) is 9.95. The molecule has 0 radical (unpaired) electrons. The average Bonchev–Trinajstić information content (AvgIpc) is 3.03. The van der Waals surface area contributed by atoms with E-state index < -0.39 is 5.66 Å². The van der Waals surface area contributed by atoms with Crippen LogP contribution in [0.4, 0.5) is 5.69 Å². The third kappa shape index (κ3) is 2.48. The molecule has 2 aliphatic heterocycles. The number of hydrogen-bond acceptors (Lipinski definition) is 4. The van der Waals surface area contributed by atoms with Crippen LogP contribution in [0, 0.1) is 0 Å². The molecule has 0 bridgehead atoms. The Morgan fingerprint density at radius 1 is 1.03 bits per heavy atom. The fourth-order valence-electron chi connectivity index (χ4n) is 4.39. The van der Waals surface area contributed by atoms with E-state index in [0.29, 0.717) is 30.3 Å². The quantitative estimate of drug-likeness (QED) is 0.670. The van der Waals surface area contributed by atoms with Gasteiger partial charge in [-0.3, -0.25) is 14.5 Å². The van der Waals surface area contributed by atoms with E-state index in [2.05, 4.69) is 18.8 Å². The minimum atomic E-state index is -0.673. The molecule has 146 valence electrons. The van der Waals surface area contributed by atoms with Crippen LogP contribution in [0.5, 0.6) is 0 Å². The van der Waals surface area contributed by atoms with Crippen molar-refractivity contribution in [1.29, 1.82) is 0 Å². The Kier molecular flexibility index (Phi) is 3.75. The summed E-state index contributed by atoms with van der Waals surface area (Å²) < 4.78 is 1.77. The van der Waals surface area contributed by atoms with Crippen LogP contribution in [0.15, 0.2) is 53.3 Å². The van der Waals surface area contributed by atoms with E-state index in [9.17, 15) is 9.59 Å². The lowest BCUT2D eigenvalue weighted by atomic mass is 10.0. The number of fused-ring (bicyclic) bond motifs is 6. The van der Waals surface area contributed by atoms with E-state index in [1.54, 1.807) is 9.58 Å². The first-order valence-corrected chi connectivity index (χ1v) is 9.95. The van der Waals surface area contributed by atoms with Crippen LogP contribution in [-0.2, 0) is 10.5 Å². The minimum absolute atomic E-state index is 0.0638. The summed E-state index contributed by atoms with van der Waals surface area (Å²) in [6.45, 7) is 6.25. The van der Waals surface area contributed by atoms with E-state index in [0.717, 1.165) is 16.8 Å². The first kappa shape index (κ1) is 17.8. The second-order valence-corrected chi connectivity index (χ2v) is 8.24. The van der Waals surface area contributed by atoms with Crippen molar-refractivity contribution in [1.82, 2.24) is 14.8 Å². The van der Waals surface area contributed by atoms with Gasteiger partial charge in [-0.1, -0.05) is 50.2 Å². The van der Waals surface area contributed by atoms with Crippen LogP contribution in [0.3, 0.4) is 0 Å². The molecule has 1 aromatic heterocycles. The Morgan fingerprint density at radius 3 is 2.48 bits per heavy atom. The van der Waals surface area contributed by atoms with Gasteiger partial charge in [0.25, 0.3) is 5.56 Å². The molecule has 3 aromatic rings. The zero-order valence-corrected chi connectivity index (χ0v) is 16.7. The standard InChI is InChI=1S/C23H22N4O2/c1-14(2)15-8-10-16(11-9-15)20-22(29)24-21-17-6-4-5-7-18(17)26-19(28)12-13-23(26,3)27(21)25-20/h4-11,14H,12-13H2,1-3H3/t23-/m1/s1. The predicted molar refractivity (Wildman–Crippen MR) is 112 cm³/mol. The van der Waals surface area contributed by atoms with Crippen molar-refractivity contribution in [2.24, 2.45) is 0 Å². The van der Waals surface area contributed by atoms with Crippen LogP contribution in [0.1, 0.15) is 45.1 Å². The minimum Gasteiger partial charge on any atom is -0.286 e. The van der Waals surface area contributed by atoms with E-state index >= 15 is 0 Å². The zero-order valence-electron chi connectivity index (χ0n) is 16.7. The highest BCUT2D eigenvalue weighted by atomic mass is 16.2. The van der Waals surface area contributed by atoms with Crippen molar-refractivity contribution in [3.63, 3.8) is 0 Å². The topological polar surface area (TPSA) is 68.1 Å². The summed E-state index contributed by atoms with van der Waals surface area (Å²) in [5, 5.41) is 4.75. The Balaban J connectivity index is 1.74. The number of hydrogen-bond donors (Lipinski definition) is 0. The van der Waals surface area contributed by atoms with Gasteiger partial charge in [-0.15, -0.1) is 0 Å². The number of anilines is 1. The maximum Gasteiger partial charge on any atom is 0.300 e. The molecule has 0 N–H and O–H groups in total. The summed E-state index contributed by atoms with van der Waals surface area (Å²) in [4.78, 5) is 31.9. The molecule has 5 rings (SSSR count). The van der Waals surface area contributed by atoms with Crippen LogP contribution < -0.4 is 10.5 Å². The fourth-order valence-corrected chi connectivity index (χ4v) is 4.39. The molecule has 1 amide bonds. The number of nitrogens with zero attached hydrogens (tertiary/aromatic N) is 4. The van der Waals surface area contributed by atoms with Crippen LogP contribution in [0.25, 0.3) is 22.6 Å². The molecule has 6 heteroatoms. The van der Waals surface area contributed by atoms with Gasteiger partial charge in [0, 0.05) is 24.0 Å². The maximum atomic E-state index is 12.9. The van der Waals surface area contributed by atoms with Gasteiger partial charge in [-0.2, -0.15) is 10.1 Å². The molecule has 0 aliphatic carbocycles. The third-order valence-electron chi connectivity index (χ3n) is 6.05. The Hall–Kier alpha value is -3.28. The highest BCUT2D eigenvalue weighted by molar-refractivity contribution is 6.01. The lowest BCUT2D eigenvalue weighted by Gasteiger charge is -2.42. The number of benzene rings is 2. The molecule has 2 aliphatic rings. The van der Waals surface area contributed by atoms with Crippen LogP contribution in [0.2, 0.25) is 0 Å². The van der Waals surface area contributed by atoms with Crippen molar-refractivity contribution in [2.45, 2.75) is 45.2 Å². The van der Waals surface area contributed by atoms with Gasteiger partial charge in [0.2, 0.25) is 5.91 Å². The number of para-hydroxylation sites is 1. The summed E-state index contributed by atoms with van der Waals surface area (Å²) in [6, 6.07) is 15.5. The van der Waals surface area contributed by atoms with Gasteiger partial charge in [0.05, 0.1) is 5.69 Å². The summed E-state index contributed by atoms with van der Waals surface area (Å²) in [5.41, 5.74) is 2.77. The molecule has 0 spiro atoms. The number of carbonyl (C=O) groups excluding carboxylic acids is 1. The monoisotopic (exact) mass is 386 g/mol. The van der Waals surface area contributed by atoms with E-state index in [1.165, 1.54) is 5.56 Å².